The molecule has 0 aliphatic rings. The Balaban J connectivity index is 3.09. The molecule has 0 unspecified atom stereocenters. The molecule has 0 heterocycles. The highest BCUT2D eigenvalue weighted by molar-refractivity contribution is 5.23. The molecule has 0 fully saturated rings. The number of isocyanates is 2. The highest BCUT2D eigenvalue weighted by Crippen LogP contribution is 1.54. The number of hydrogen-bond acceptors (Lipinski definition) is 2. The molecule has 9 heavy (non-hydrogen) atoms. The van der Waals surface area contributed by atoms with Gasteiger partial charge in [-0.1, -0.05) is 0 Å². The van der Waals surface area contributed by atoms with E-state index in [4.69, 9.17) is 0 Å². The van der Waals surface area contributed by atoms with Crippen molar-refractivity contribution in [3.05, 3.63) is 0 Å². The van der Waals surface area contributed by atoms with Crippen LogP contribution in [-0.4, -0.2) is 25.2 Å². The van der Waals surface area contributed by atoms with E-state index in [0.717, 1.165) is 0 Å². The van der Waals surface area contributed by atoms with E-state index >= 15 is 0 Å². The summed E-state index contributed by atoms with van der Waals surface area (Å²) < 4.78 is 0. The number of hydrogen-bond donors (Lipinski definition) is 2. The quantitative estimate of drug-likeness (QED) is 0.232. The minimum atomic E-state index is 0.540. The third-order valence-electron chi connectivity index (χ3n) is 0.748. The van der Waals surface area contributed by atoms with E-state index in [1.54, 1.807) is 0 Å². The van der Waals surface area contributed by atoms with E-state index in [2.05, 4.69) is 9.98 Å². The van der Waals surface area contributed by atoms with E-state index in [9.17, 15) is 9.59 Å². The summed E-state index contributed by atoms with van der Waals surface area (Å²) in [6, 6.07) is 0. The van der Waals surface area contributed by atoms with E-state index in [1.165, 1.54) is 12.2 Å². The molecule has 0 aliphatic heterocycles. The standard InChI is InChI=1S/C5H6N2O2/c8-4-6-2-1-3-7-5-9/h1-3H2/p+2. The smallest absolute Gasteiger partial charge is 0.166 e. The first-order valence-corrected chi connectivity index (χ1v) is 2.62. The van der Waals surface area contributed by atoms with Crippen molar-refractivity contribution < 1.29 is 19.6 Å². The zero-order chi connectivity index (χ0) is 6.95. The van der Waals surface area contributed by atoms with E-state index in [0.29, 0.717) is 19.5 Å². The number of carbonyl (C=O) groups excluding carboxylic acids is 2. The molecule has 0 aromatic carbocycles. The van der Waals surface area contributed by atoms with E-state index in [1.807, 2.05) is 0 Å². The first kappa shape index (κ1) is 7.76. The normalized spacial score (nSPS) is 7.11. The molecule has 0 saturated heterocycles. The van der Waals surface area contributed by atoms with Crippen LogP contribution in [-0.2, 0) is 9.59 Å². The third kappa shape index (κ3) is 6.76. The predicted octanol–water partition coefficient (Wildman–Crippen LogP) is -3.79. The van der Waals surface area contributed by atoms with Gasteiger partial charge in [0.05, 0.1) is 6.42 Å². The summed E-state index contributed by atoms with van der Waals surface area (Å²) in [6.07, 6.45) is 3.75. The molecule has 0 rings (SSSR count). The van der Waals surface area contributed by atoms with E-state index in [-0.39, 0.29) is 0 Å². The van der Waals surface area contributed by atoms with Crippen LogP contribution in [0.4, 0.5) is 0 Å². The van der Waals surface area contributed by atoms with Crippen molar-refractivity contribution in [3.63, 3.8) is 0 Å². The van der Waals surface area contributed by atoms with Gasteiger partial charge in [-0.15, -0.1) is 0 Å². The lowest BCUT2D eigenvalue weighted by Gasteiger charge is -1.73. The zero-order valence-corrected chi connectivity index (χ0v) is 4.94. The lowest BCUT2D eigenvalue weighted by Crippen LogP contribution is -2.72. The van der Waals surface area contributed by atoms with Gasteiger partial charge < -0.3 is 0 Å². The van der Waals surface area contributed by atoms with Gasteiger partial charge in [-0.25, -0.2) is 0 Å². The fraction of sp³-hybridized carbons (Fsp3) is 0.600. The van der Waals surface area contributed by atoms with E-state index < -0.39 is 0 Å². The summed E-state index contributed by atoms with van der Waals surface area (Å²) in [5, 5.41) is 0. The lowest BCUT2D eigenvalue weighted by molar-refractivity contribution is -0.487. The van der Waals surface area contributed by atoms with Crippen molar-refractivity contribution in [3.8, 4) is 0 Å². The minimum absolute atomic E-state index is 0.540. The largest absolute Gasteiger partial charge is 0.422 e. The SMILES string of the molecule is O=C=[NH+]CCC[NH+]=C=O. The van der Waals surface area contributed by atoms with Gasteiger partial charge in [-0.3, -0.25) is 0 Å². The van der Waals surface area contributed by atoms with Crippen LogP contribution < -0.4 is 9.98 Å². The molecule has 0 atom stereocenters. The average Bonchev–Trinajstić information content (AvgIpc) is 1.89. The van der Waals surface area contributed by atoms with Crippen LogP contribution in [0.15, 0.2) is 0 Å². The average molecular weight is 128 g/mol. The summed E-state index contributed by atoms with van der Waals surface area (Å²) in [4.78, 5) is 23.7. The van der Waals surface area contributed by atoms with Gasteiger partial charge in [-0.2, -0.15) is 19.6 Å². The molecule has 0 aromatic rings. The Morgan fingerprint density at radius 2 is 1.44 bits per heavy atom. The zero-order valence-electron chi connectivity index (χ0n) is 4.94. The Bertz CT molecular complexity index is 136. The van der Waals surface area contributed by atoms with Crippen LogP contribution in [0, 0.1) is 0 Å². The number of rotatable bonds is 4. The molecular formula is C5H8N2O2+2. The Kier molecular flexibility index (Phi) is 5.83. The first-order chi connectivity index (χ1) is 4.41. The summed E-state index contributed by atoms with van der Waals surface area (Å²) in [7, 11) is 0. The molecule has 0 aliphatic carbocycles. The summed E-state index contributed by atoms with van der Waals surface area (Å²) in [5.41, 5.74) is 0. The van der Waals surface area contributed by atoms with Gasteiger partial charge in [0.2, 0.25) is 0 Å². The van der Waals surface area contributed by atoms with Gasteiger partial charge in [-0.05, 0) is 0 Å². The molecule has 0 aromatic heterocycles. The van der Waals surface area contributed by atoms with Crippen LogP contribution in [0.5, 0.6) is 0 Å². The second-order valence-corrected chi connectivity index (χ2v) is 1.41. The molecule has 2 N–H and O–H groups in total. The Morgan fingerprint density at radius 1 is 1.00 bits per heavy atom. The van der Waals surface area contributed by atoms with Gasteiger partial charge in [0.25, 0.3) is 0 Å². The maximum Gasteiger partial charge on any atom is 0.422 e. The van der Waals surface area contributed by atoms with Crippen molar-refractivity contribution in [2.45, 2.75) is 6.42 Å². The number of nitrogens with one attached hydrogen (secondary N) is 2. The predicted molar refractivity (Wildman–Crippen MR) is 27.7 cm³/mol. The van der Waals surface area contributed by atoms with Crippen LogP contribution in [0.3, 0.4) is 0 Å². The molecular weight excluding hydrogens is 120 g/mol. The molecule has 0 bridgehead atoms. The molecule has 48 valence electrons. The molecule has 0 spiro atoms. The Hall–Kier alpha value is -1.24. The lowest BCUT2D eigenvalue weighted by atomic mass is 10.4. The van der Waals surface area contributed by atoms with Crippen molar-refractivity contribution in [2.24, 2.45) is 0 Å². The second kappa shape index (κ2) is 6.76. The van der Waals surface area contributed by atoms with Gasteiger partial charge in [0, 0.05) is 0 Å². The van der Waals surface area contributed by atoms with Gasteiger partial charge in [0.1, 0.15) is 0 Å². The summed E-state index contributed by atoms with van der Waals surface area (Å²) in [6.45, 7) is 1.08. The summed E-state index contributed by atoms with van der Waals surface area (Å²) >= 11 is 0. The van der Waals surface area contributed by atoms with Crippen LogP contribution in [0.25, 0.3) is 0 Å². The Morgan fingerprint density at radius 3 is 1.78 bits per heavy atom. The monoisotopic (exact) mass is 128 g/mol. The van der Waals surface area contributed by atoms with Crippen molar-refractivity contribution in [1.29, 1.82) is 0 Å². The van der Waals surface area contributed by atoms with Gasteiger partial charge in [0.15, 0.2) is 13.1 Å². The molecule has 0 saturated carbocycles. The van der Waals surface area contributed by atoms with Crippen molar-refractivity contribution in [2.75, 3.05) is 13.1 Å². The highest BCUT2D eigenvalue weighted by Gasteiger charge is 1.88. The Labute approximate surface area is 52.3 Å². The molecule has 0 radical (unpaired) electrons. The topological polar surface area (TPSA) is 62.1 Å². The highest BCUT2D eigenvalue weighted by atomic mass is 16.1. The van der Waals surface area contributed by atoms with Crippen LogP contribution in [0.1, 0.15) is 6.42 Å². The maximum absolute atomic E-state index is 9.50. The van der Waals surface area contributed by atoms with Crippen LogP contribution in [0.2, 0.25) is 0 Å². The van der Waals surface area contributed by atoms with Crippen LogP contribution >= 0.6 is 0 Å². The van der Waals surface area contributed by atoms with Crippen molar-refractivity contribution >= 4 is 12.2 Å². The second-order valence-electron chi connectivity index (χ2n) is 1.41. The molecule has 4 heteroatoms. The fourth-order valence-electron chi connectivity index (χ4n) is 0.367. The maximum atomic E-state index is 9.50. The minimum Gasteiger partial charge on any atom is -0.166 e. The third-order valence-corrected chi connectivity index (χ3v) is 0.748. The molecule has 0 amide bonds. The fourth-order valence-corrected chi connectivity index (χ4v) is 0.367. The summed E-state index contributed by atoms with van der Waals surface area (Å²) in [5.74, 6) is 0. The van der Waals surface area contributed by atoms with Crippen molar-refractivity contribution in [1.82, 2.24) is 0 Å². The molecule has 4 nitrogen and oxygen atoms in total. The van der Waals surface area contributed by atoms with Gasteiger partial charge >= 0.3 is 12.2 Å². The first-order valence-electron chi connectivity index (χ1n) is 2.62.